The molecular weight excluding hydrogens is 356 g/mol. The van der Waals surface area contributed by atoms with Crippen LogP contribution in [0.2, 0.25) is 0 Å². The van der Waals surface area contributed by atoms with Gasteiger partial charge in [0.15, 0.2) is 0 Å². The van der Waals surface area contributed by atoms with E-state index < -0.39 is 0 Å². The maximum absolute atomic E-state index is 12.7. The van der Waals surface area contributed by atoms with E-state index in [2.05, 4.69) is 60.2 Å². The minimum atomic E-state index is 0.161. The molecule has 0 N–H and O–H groups in total. The fraction of sp³-hybridized carbons (Fsp3) is 0.318. The number of carbonyl (C=O) groups is 1. The number of thioether (sulfide) groups is 1. The SMILES string of the molecule is Cc1ccc(CSc2cn(CC(=O)N3CCOCC3)c3ccccc23)cc1. The van der Waals surface area contributed by atoms with Gasteiger partial charge in [-0.1, -0.05) is 48.0 Å². The third-order valence-corrected chi connectivity index (χ3v) is 6.05. The molecule has 3 aromatic rings. The number of carbonyl (C=O) groups excluding carboxylic acids is 1. The zero-order valence-electron chi connectivity index (χ0n) is 15.6. The number of nitrogens with zero attached hydrogens (tertiary/aromatic N) is 2. The number of aryl methyl sites for hydroxylation is 1. The van der Waals surface area contributed by atoms with Crippen LogP contribution in [-0.2, 0) is 21.8 Å². The van der Waals surface area contributed by atoms with E-state index >= 15 is 0 Å². The highest BCUT2D eigenvalue weighted by molar-refractivity contribution is 7.98. The fourth-order valence-electron chi connectivity index (χ4n) is 3.36. The van der Waals surface area contributed by atoms with Gasteiger partial charge in [-0.25, -0.2) is 0 Å². The van der Waals surface area contributed by atoms with Crippen LogP contribution < -0.4 is 0 Å². The van der Waals surface area contributed by atoms with Gasteiger partial charge in [-0.3, -0.25) is 4.79 Å². The number of para-hydroxylation sites is 1. The van der Waals surface area contributed by atoms with Crippen molar-refractivity contribution < 1.29 is 9.53 Å². The van der Waals surface area contributed by atoms with E-state index in [1.807, 2.05) is 22.7 Å². The maximum Gasteiger partial charge on any atom is 0.242 e. The van der Waals surface area contributed by atoms with E-state index in [-0.39, 0.29) is 5.91 Å². The van der Waals surface area contributed by atoms with Crippen molar-refractivity contribution in [2.75, 3.05) is 26.3 Å². The molecule has 4 nitrogen and oxygen atoms in total. The molecule has 4 rings (SSSR count). The smallest absolute Gasteiger partial charge is 0.242 e. The van der Waals surface area contributed by atoms with E-state index in [1.54, 1.807) is 0 Å². The summed E-state index contributed by atoms with van der Waals surface area (Å²) in [6.07, 6.45) is 2.13. The Labute approximate surface area is 164 Å². The van der Waals surface area contributed by atoms with Crippen molar-refractivity contribution in [2.45, 2.75) is 24.1 Å². The fourth-order valence-corrected chi connectivity index (χ4v) is 4.41. The monoisotopic (exact) mass is 380 g/mol. The van der Waals surface area contributed by atoms with Gasteiger partial charge in [0.25, 0.3) is 0 Å². The lowest BCUT2D eigenvalue weighted by atomic mass is 10.2. The summed E-state index contributed by atoms with van der Waals surface area (Å²) in [7, 11) is 0. The van der Waals surface area contributed by atoms with Crippen LogP contribution in [0.5, 0.6) is 0 Å². The van der Waals surface area contributed by atoms with E-state index in [0.717, 1.165) is 11.3 Å². The van der Waals surface area contributed by atoms with Crippen LogP contribution in [0.25, 0.3) is 10.9 Å². The average Bonchev–Trinajstić information content (AvgIpc) is 3.06. The summed E-state index contributed by atoms with van der Waals surface area (Å²) >= 11 is 1.83. The van der Waals surface area contributed by atoms with E-state index in [1.165, 1.54) is 21.4 Å². The van der Waals surface area contributed by atoms with Crippen molar-refractivity contribution in [3.05, 3.63) is 65.9 Å². The molecule has 1 aromatic heterocycles. The third kappa shape index (κ3) is 4.20. The average molecular weight is 381 g/mol. The Hall–Kier alpha value is -2.24. The molecule has 0 unspecified atom stereocenters. The molecule has 2 aromatic carbocycles. The molecule has 1 fully saturated rings. The number of aromatic nitrogens is 1. The molecule has 0 bridgehead atoms. The van der Waals surface area contributed by atoms with Crippen LogP contribution in [0.3, 0.4) is 0 Å². The minimum Gasteiger partial charge on any atom is -0.378 e. The number of benzene rings is 2. The van der Waals surface area contributed by atoms with E-state index in [4.69, 9.17) is 4.74 Å². The molecule has 1 aliphatic heterocycles. The van der Waals surface area contributed by atoms with Crippen molar-refractivity contribution in [1.29, 1.82) is 0 Å². The zero-order valence-corrected chi connectivity index (χ0v) is 16.4. The first-order chi connectivity index (χ1) is 13.2. The van der Waals surface area contributed by atoms with E-state index in [0.29, 0.717) is 32.8 Å². The molecule has 1 amide bonds. The lowest BCUT2D eigenvalue weighted by molar-refractivity contribution is -0.135. The quantitative estimate of drug-likeness (QED) is 0.625. The van der Waals surface area contributed by atoms with Gasteiger partial charge in [0.05, 0.1) is 13.2 Å². The van der Waals surface area contributed by atoms with Crippen LogP contribution in [0, 0.1) is 6.92 Å². The molecular formula is C22H24N2O2S. The van der Waals surface area contributed by atoms with Crippen molar-refractivity contribution in [2.24, 2.45) is 0 Å². The van der Waals surface area contributed by atoms with Crippen molar-refractivity contribution in [3.8, 4) is 0 Å². The van der Waals surface area contributed by atoms with Crippen molar-refractivity contribution >= 4 is 28.6 Å². The van der Waals surface area contributed by atoms with Crippen LogP contribution in [-0.4, -0.2) is 41.7 Å². The van der Waals surface area contributed by atoms with Gasteiger partial charge in [-0.15, -0.1) is 11.8 Å². The molecule has 0 saturated carbocycles. The summed E-state index contributed by atoms with van der Waals surface area (Å²) in [6, 6.07) is 17.0. The molecule has 0 radical (unpaired) electrons. The Morgan fingerprint density at radius 1 is 1.07 bits per heavy atom. The summed E-state index contributed by atoms with van der Waals surface area (Å²) in [6.45, 7) is 5.13. The number of rotatable bonds is 5. The Kier molecular flexibility index (Phi) is 5.50. The second-order valence-corrected chi connectivity index (χ2v) is 7.92. The van der Waals surface area contributed by atoms with Gasteiger partial charge in [0, 0.05) is 40.8 Å². The van der Waals surface area contributed by atoms with Gasteiger partial charge < -0.3 is 14.2 Å². The van der Waals surface area contributed by atoms with Crippen LogP contribution in [0.15, 0.2) is 59.6 Å². The second kappa shape index (κ2) is 8.19. The van der Waals surface area contributed by atoms with E-state index in [9.17, 15) is 4.79 Å². The summed E-state index contributed by atoms with van der Waals surface area (Å²) in [5, 5.41) is 1.21. The summed E-state index contributed by atoms with van der Waals surface area (Å²) in [5.74, 6) is 1.08. The predicted octanol–water partition coefficient (Wildman–Crippen LogP) is 4.10. The molecule has 27 heavy (non-hydrogen) atoms. The van der Waals surface area contributed by atoms with Gasteiger partial charge in [-0.2, -0.15) is 0 Å². The van der Waals surface area contributed by atoms with Crippen LogP contribution in [0.1, 0.15) is 11.1 Å². The number of hydrogen-bond acceptors (Lipinski definition) is 3. The predicted molar refractivity (Wildman–Crippen MR) is 110 cm³/mol. The van der Waals surface area contributed by atoms with Gasteiger partial charge in [-0.05, 0) is 18.6 Å². The Morgan fingerprint density at radius 3 is 2.59 bits per heavy atom. The van der Waals surface area contributed by atoms with Crippen molar-refractivity contribution in [1.82, 2.24) is 9.47 Å². The largest absolute Gasteiger partial charge is 0.378 e. The van der Waals surface area contributed by atoms with Crippen molar-refractivity contribution in [3.63, 3.8) is 0 Å². The van der Waals surface area contributed by atoms with Gasteiger partial charge >= 0.3 is 0 Å². The van der Waals surface area contributed by atoms with Gasteiger partial charge in [0.2, 0.25) is 5.91 Å². The minimum absolute atomic E-state index is 0.161. The lowest BCUT2D eigenvalue weighted by Crippen LogP contribution is -2.42. The third-order valence-electron chi connectivity index (χ3n) is 4.94. The number of amides is 1. The maximum atomic E-state index is 12.7. The first-order valence-electron chi connectivity index (χ1n) is 9.32. The lowest BCUT2D eigenvalue weighted by Gasteiger charge is -2.27. The summed E-state index contributed by atoms with van der Waals surface area (Å²) in [4.78, 5) is 15.8. The molecule has 0 atom stereocenters. The number of fused-ring (bicyclic) bond motifs is 1. The molecule has 1 saturated heterocycles. The molecule has 1 aliphatic rings. The Balaban J connectivity index is 1.53. The highest BCUT2D eigenvalue weighted by Crippen LogP contribution is 2.32. The summed E-state index contributed by atoms with van der Waals surface area (Å²) in [5.41, 5.74) is 3.71. The Morgan fingerprint density at radius 2 is 1.81 bits per heavy atom. The summed E-state index contributed by atoms with van der Waals surface area (Å²) < 4.78 is 7.44. The molecule has 0 aliphatic carbocycles. The first kappa shape index (κ1) is 18.1. The van der Waals surface area contributed by atoms with Crippen LogP contribution in [0.4, 0.5) is 0 Å². The highest BCUT2D eigenvalue weighted by atomic mass is 32.2. The molecule has 0 spiro atoms. The zero-order chi connectivity index (χ0) is 18.6. The topological polar surface area (TPSA) is 34.5 Å². The number of hydrogen-bond donors (Lipinski definition) is 0. The number of morpholine rings is 1. The highest BCUT2D eigenvalue weighted by Gasteiger charge is 2.18. The number of ether oxygens (including phenoxy) is 1. The Bertz CT molecular complexity index is 927. The normalized spacial score (nSPS) is 14.6. The molecule has 2 heterocycles. The molecule has 140 valence electrons. The second-order valence-electron chi connectivity index (χ2n) is 6.91. The molecule has 5 heteroatoms. The first-order valence-corrected chi connectivity index (χ1v) is 10.3. The van der Waals surface area contributed by atoms with Crippen LogP contribution >= 0.6 is 11.8 Å². The van der Waals surface area contributed by atoms with Gasteiger partial charge in [0.1, 0.15) is 6.54 Å². The standard InChI is InChI=1S/C22H24N2O2S/c1-17-6-8-18(9-7-17)16-27-21-14-24(20-5-3-2-4-19(20)21)15-22(25)23-10-12-26-13-11-23/h2-9,14H,10-13,15-16H2,1H3.